The van der Waals surface area contributed by atoms with Crippen molar-refractivity contribution in [1.29, 1.82) is 0 Å². The lowest BCUT2D eigenvalue weighted by Crippen LogP contribution is -2.39. The SMILES string of the molecule is COc1ccc(C)cc1CN(C)[C@@H](C)C(=O)Nc1ccc2ccccc2c1. The Kier molecular flexibility index (Phi) is 5.77. The number of nitrogens with one attached hydrogen (secondary N) is 1. The van der Waals surface area contributed by atoms with Gasteiger partial charge in [-0.25, -0.2) is 0 Å². The van der Waals surface area contributed by atoms with Crippen LogP contribution < -0.4 is 10.1 Å². The van der Waals surface area contributed by atoms with Crippen molar-refractivity contribution in [2.24, 2.45) is 0 Å². The fraction of sp³-hybridized carbons (Fsp3) is 0.261. The molecule has 0 fully saturated rings. The average Bonchev–Trinajstić information content (AvgIpc) is 2.67. The summed E-state index contributed by atoms with van der Waals surface area (Å²) in [6.45, 7) is 4.61. The van der Waals surface area contributed by atoms with Gasteiger partial charge in [-0.3, -0.25) is 9.69 Å². The lowest BCUT2D eigenvalue weighted by atomic mass is 10.1. The second-order valence-corrected chi connectivity index (χ2v) is 6.96. The van der Waals surface area contributed by atoms with Crippen LogP contribution in [0.5, 0.6) is 5.75 Å². The molecular formula is C23H26N2O2. The van der Waals surface area contributed by atoms with E-state index in [-0.39, 0.29) is 11.9 Å². The highest BCUT2D eigenvalue weighted by Gasteiger charge is 2.19. The summed E-state index contributed by atoms with van der Waals surface area (Å²) < 4.78 is 5.45. The number of aryl methyl sites for hydroxylation is 1. The number of carbonyl (C=O) groups is 1. The van der Waals surface area contributed by atoms with Crippen molar-refractivity contribution in [2.75, 3.05) is 19.5 Å². The van der Waals surface area contributed by atoms with Crippen molar-refractivity contribution in [2.45, 2.75) is 26.4 Å². The van der Waals surface area contributed by atoms with E-state index in [9.17, 15) is 4.79 Å². The van der Waals surface area contributed by atoms with Crippen molar-refractivity contribution in [3.05, 3.63) is 71.8 Å². The number of methoxy groups -OCH3 is 1. The summed E-state index contributed by atoms with van der Waals surface area (Å²) in [6, 6.07) is 19.9. The number of hydrogen-bond donors (Lipinski definition) is 1. The lowest BCUT2D eigenvalue weighted by Gasteiger charge is -2.25. The van der Waals surface area contributed by atoms with Crippen LogP contribution in [0.1, 0.15) is 18.1 Å². The van der Waals surface area contributed by atoms with Crippen LogP contribution in [0, 0.1) is 6.92 Å². The third-order valence-corrected chi connectivity index (χ3v) is 4.91. The fourth-order valence-corrected chi connectivity index (χ4v) is 3.15. The van der Waals surface area contributed by atoms with E-state index in [4.69, 9.17) is 4.74 Å². The van der Waals surface area contributed by atoms with Crippen LogP contribution >= 0.6 is 0 Å². The molecule has 0 saturated heterocycles. The minimum absolute atomic E-state index is 0.0283. The molecule has 1 amide bonds. The van der Waals surface area contributed by atoms with Crippen molar-refractivity contribution >= 4 is 22.4 Å². The zero-order valence-electron chi connectivity index (χ0n) is 16.3. The molecule has 1 atom stereocenters. The molecule has 4 nitrogen and oxygen atoms in total. The minimum atomic E-state index is -0.276. The molecule has 3 aromatic carbocycles. The highest BCUT2D eigenvalue weighted by molar-refractivity contribution is 5.97. The Labute approximate surface area is 160 Å². The first kappa shape index (κ1) is 18.9. The molecule has 0 heterocycles. The first-order valence-electron chi connectivity index (χ1n) is 9.11. The van der Waals surface area contributed by atoms with Crippen LogP contribution in [0.4, 0.5) is 5.69 Å². The Morgan fingerprint density at radius 2 is 1.81 bits per heavy atom. The van der Waals surface area contributed by atoms with Gasteiger partial charge in [0.2, 0.25) is 5.91 Å². The van der Waals surface area contributed by atoms with E-state index >= 15 is 0 Å². The number of rotatable bonds is 6. The summed E-state index contributed by atoms with van der Waals surface area (Å²) in [5.74, 6) is 0.814. The summed E-state index contributed by atoms with van der Waals surface area (Å²) in [6.07, 6.45) is 0. The molecule has 1 N–H and O–H groups in total. The molecule has 0 bridgehead atoms. The summed E-state index contributed by atoms with van der Waals surface area (Å²) in [5, 5.41) is 5.30. The topological polar surface area (TPSA) is 41.6 Å². The van der Waals surface area contributed by atoms with Crippen LogP contribution in [0.25, 0.3) is 10.8 Å². The number of nitrogens with zero attached hydrogens (tertiary/aromatic N) is 1. The molecule has 0 radical (unpaired) electrons. The van der Waals surface area contributed by atoms with Gasteiger partial charge in [0.05, 0.1) is 13.2 Å². The molecule has 140 valence electrons. The van der Waals surface area contributed by atoms with Crippen molar-refractivity contribution in [3.8, 4) is 5.75 Å². The van der Waals surface area contributed by atoms with E-state index in [1.807, 2.05) is 67.4 Å². The molecule has 27 heavy (non-hydrogen) atoms. The molecule has 0 saturated carbocycles. The van der Waals surface area contributed by atoms with E-state index in [2.05, 4.69) is 24.4 Å². The number of amides is 1. The van der Waals surface area contributed by atoms with E-state index in [0.29, 0.717) is 6.54 Å². The van der Waals surface area contributed by atoms with Gasteiger partial charge in [0.1, 0.15) is 5.75 Å². The van der Waals surface area contributed by atoms with Crippen molar-refractivity contribution < 1.29 is 9.53 Å². The number of benzene rings is 3. The predicted octanol–water partition coefficient (Wildman–Crippen LogP) is 4.62. The maximum atomic E-state index is 12.7. The number of fused-ring (bicyclic) bond motifs is 1. The van der Waals surface area contributed by atoms with Crippen molar-refractivity contribution in [3.63, 3.8) is 0 Å². The summed E-state index contributed by atoms with van der Waals surface area (Å²) in [4.78, 5) is 14.7. The maximum Gasteiger partial charge on any atom is 0.241 e. The Balaban J connectivity index is 1.69. The summed E-state index contributed by atoms with van der Waals surface area (Å²) >= 11 is 0. The fourth-order valence-electron chi connectivity index (χ4n) is 3.15. The highest BCUT2D eigenvalue weighted by atomic mass is 16.5. The van der Waals surface area contributed by atoms with Crippen molar-refractivity contribution in [1.82, 2.24) is 4.90 Å². The Morgan fingerprint density at radius 1 is 1.07 bits per heavy atom. The molecule has 3 aromatic rings. The van der Waals surface area contributed by atoms with Gasteiger partial charge in [-0.2, -0.15) is 0 Å². The van der Waals surface area contributed by atoms with Gasteiger partial charge in [-0.05, 0) is 49.9 Å². The third kappa shape index (κ3) is 4.47. The van der Waals surface area contributed by atoms with E-state index in [0.717, 1.165) is 27.8 Å². The molecular weight excluding hydrogens is 336 g/mol. The Morgan fingerprint density at radius 3 is 2.56 bits per heavy atom. The normalized spacial score (nSPS) is 12.2. The molecule has 0 unspecified atom stereocenters. The van der Waals surface area contributed by atoms with Gasteiger partial charge in [0.15, 0.2) is 0 Å². The van der Waals surface area contributed by atoms with E-state index in [1.165, 1.54) is 5.56 Å². The van der Waals surface area contributed by atoms with E-state index < -0.39 is 0 Å². The van der Waals surface area contributed by atoms with Gasteiger partial charge in [0.25, 0.3) is 0 Å². The largest absolute Gasteiger partial charge is 0.496 e. The van der Waals surface area contributed by atoms with Crippen LogP contribution in [0.3, 0.4) is 0 Å². The van der Waals surface area contributed by atoms with Gasteiger partial charge >= 0.3 is 0 Å². The second kappa shape index (κ2) is 8.23. The molecule has 0 aromatic heterocycles. The van der Waals surface area contributed by atoms with Crippen LogP contribution in [-0.4, -0.2) is 31.0 Å². The Bertz CT molecular complexity index is 952. The molecule has 0 spiro atoms. The number of likely N-dealkylation sites (N-methyl/N-ethyl adjacent to an activating group) is 1. The smallest absolute Gasteiger partial charge is 0.241 e. The zero-order valence-corrected chi connectivity index (χ0v) is 16.3. The first-order chi connectivity index (χ1) is 13.0. The average molecular weight is 362 g/mol. The first-order valence-corrected chi connectivity index (χ1v) is 9.11. The molecule has 0 aliphatic rings. The van der Waals surface area contributed by atoms with Crippen LogP contribution in [-0.2, 0) is 11.3 Å². The standard InChI is InChI=1S/C23H26N2O2/c1-16-9-12-22(27-4)20(13-16)15-25(3)17(2)23(26)24-21-11-10-18-7-5-6-8-19(18)14-21/h5-14,17H,15H2,1-4H3,(H,24,26)/t17-/m0/s1. The highest BCUT2D eigenvalue weighted by Crippen LogP contribution is 2.22. The second-order valence-electron chi connectivity index (χ2n) is 6.96. The molecule has 4 heteroatoms. The monoisotopic (exact) mass is 362 g/mol. The Hall–Kier alpha value is -2.85. The number of hydrogen-bond acceptors (Lipinski definition) is 3. The molecule has 3 rings (SSSR count). The molecule has 0 aliphatic heterocycles. The van der Waals surface area contributed by atoms with Crippen LogP contribution in [0.2, 0.25) is 0 Å². The minimum Gasteiger partial charge on any atom is -0.496 e. The zero-order chi connectivity index (χ0) is 19.4. The summed E-state index contributed by atoms with van der Waals surface area (Å²) in [7, 11) is 3.62. The van der Waals surface area contributed by atoms with Crippen LogP contribution in [0.15, 0.2) is 60.7 Å². The number of ether oxygens (including phenoxy) is 1. The summed E-state index contributed by atoms with van der Waals surface area (Å²) in [5.41, 5.74) is 3.06. The van der Waals surface area contributed by atoms with Gasteiger partial charge < -0.3 is 10.1 Å². The quantitative estimate of drug-likeness (QED) is 0.696. The van der Waals surface area contributed by atoms with Gasteiger partial charge in [0, 0.05) is 17.8 Å². The van der Waals surface area contributed by atoms with E-state index in [1.54, 1.807) is 7.11 Å². The number of carbonyl (C=O) groups excluding carboxylic acids is 1. The molecule has 0 aliphatic carbocycles. The van der Waals surface area contributed by atoms with Gasteiger partial charge in [-0.1, -0.05) is 48.0 Å². The lowest BCUT2D eigenvalue weighted by molar-refractivity contribution is -0.120. The van der Waals surface area contributed by atoms with Gasteiger partial charge in [-0.15, -0.1) is 0 Å². The predicted molar refractivity (Wildman–Crippen MR) is 111 cm³/mol. The maximum absolute atomic E-state index is 12.7. The third-order valence-electron chi connectivity index (χ3n) is 4.91. The number of anilines is 1.